The molecule has 1 atom stereocenters. The summed E-state index contributed by atoms with van der Waals surface area (Å²) in [6.45, 7) is 6.96. The third kappa shape index (κ3) is 3.93. The van der Waals surface area contributed by atoms with Gasteiger partial charge in [0, 0.05) is 32.0 Å². The molecule has 5 nitrogen and oxygen atoms in total. The van der Waals surface area contributed by atoms with Crippen molar-refractivity contribution in [2.45, 2.75) is 38.1 Å². The van der Waals surface area contributed by atoms with Crippen molar-refractivity contribution in [1.29, 1.82) is 0 Å². The van der Waals surface area contributed by atoms with E-state index in [1.165, 1.54) is 11.0 Å². The van der Waals surface area contributed by atoms with Gasteiger partial charge in [0.25, 0.3) is 5.91 Å². The van der Waals surface area contributed by atoms with Gasteiger partial charge in [0.1, 0.15) is 0 Å². The molecule has 0 aromatic heterocycles. The van der Waals surface area contributed by atoms with Crippen molar-refractivity contribution in [3.05, 3.63) is 42.5 Å². The lowest BCUT2D eigenvalue weighted by Crippen LogP contribution is -2.50. The van der Waals surface area contributed by atoms with E-state index < -0.39 is 0 Å². The second kappa shape index (κ2) is 8.30. The molecule has 1 fully saturated rings. The van der Waals surface area contributed by atoms with E-state index in [-0.39, 0.29) is 17.4 Å². The maximum Gasteiger partial charge on any atom is 0.254 e. The summed E-state index contributed by atoms with van der Waals surface area (Å²) in [6.07, 6.45) is 5.22. The second-order valence-electron chi connectivity index (χ2n) is 6.62. The first-order valence-electron chi connectivity index (χ1n) is 8.80. The third-order valence-corrected chi connectivity index (χ3v) is 4.98. The van der Waals surface area contributed by atoms with Crippen molar-refractivity contribution in [3.8, 4) is 0 Å². The highest BCUT2D eigenvalue weighted by molar-refractivity contribution is 6.01. The van der Waals surface area contributed by atoms with Crippen molar-refractivity contribution < 1.29 is 14.3 Å². The molecule has 2 rings (SSSR count). The highest BCUT2D eigenvalue weighted by Gasteiger charge is 2.43. The molecule has 1 aromatic carbocycles. The Bertz CT molecular complexity index is 618. The van der Waals surface area contributed by atoms with Crippen LogP contribution < -0.4 is 4.90 Å². The molecule has 2 amide bonds. The lowest BCUT2D eigenvalue weighted by molar-refractivity contribution is -0.113. The number of ether oxygens (including phenoxy) is 1. The summed E-state index contributed by atoms with van der Waals surface area (Å²) in [7, 11) is 3.38. The minimum Gasteiger partial charge on any atom is -0.382 e. The van der Waals surface area contributed by atoms with Crippen LogP contribution in [0.25, 0.3) is 0 Å². The van der Waals surface area contributed by atoms with Gasteiger partial charge in [-0.2, -0.15) is 0 Å². The van der Waals surface area contributed by atoms with E-state index in [0.717, 1.165) is 37.9 Å². The average Bonchev–Trinajstić information content (AvgIpc) is 3.03. The van der Waals surface area contributed by atoms with Crippen LogP contribution >= 0.6 is 0 Å². The standard InChI is InChI=1S/C20H28N2O3/c1-5-12-20(15-25-4)13-7-14-22(20)19(24)16-8-10-17(11-9-16)21(3)18(23)6-2/h6,8-11H,2,5,7,12-15H2,1,3-4H3. The molecule has 1 unspecified atom stereocenters. The topological polar surface area (TPSA) is 49.9 Å². The predicted octanol–water partition coefficient (Wildman–Crippen LogP) is 3.26. The molecular formula is C20H28N2O3. The van der Waals surface area contributed by atoms with Crippen LogP contribution in [0.3, 0.4) is 0 Å². The summed E-state index contributed by atoms with van der Waals surface area (Å²) in [6, 6.07) is 7.16. The number of benzene rings is 1. The highest BCUT2D eigenvalue weighted by Crippen LogP contribution is 2.35. The normalized spacial score (nSPS) is 19.7. The molecule has 1 aliphatic heterocycles. The number of likely N-dealkylation sites (tertiary alicyclic amines) is 1. The van der Waals surface area contributed by atoms with Crippen LogP contribution in [0.4, 0.5) is 5.69 Å². The van der Waals surface area contributed by atoms with Crippen molar-refractivity contribution in [2.75, 3.05) is 32.2 Å². The Labute approximate surface area is 150 Å². The van der Waals surface area contributed by atoms with Crippen molar-refractivity contribution in [2.24, 2.45) is 0 Å². The first-order chi connectivity index (χ1) is 12.0. The van der Waals surface area contributed by atoms with E-state index in [4.69, 9.17) is 4.74 Å². The predicted molar refractivity (Wildman–Crippen MR) is 99.8 cm³/mol. The number of anilines is 1. The lowest BCUT2D eigenvalue weighted by Gasteiger charge is -2.38. The van der Waals surface area contributed by atoms with Crippen LogP contribution in [0.5, 0.6) is 0 Å². The van der Waals surface area contributed by atoms with Crippen LogP contribution in [0.15, 0.2) is 36.9 Å². The number of hydrogen-bond donors (Lipinski definition) is 0. The largest absolute Gasteiger partial charge is 0.382 e. The summed E-state index contributed by atoms with van der Waals surface area (Å²) in [5.74, 6) is -0.145. The summed E-state index contributed by atoms with van der Waals surface area (Å²) in [4.78, 5) is 28.2. The van der Waals surface area contributed by atoms with E-state index in [1.807, 2.05) is 4.90 Å². The molecule has 0 saturated carbocycles. The van der Waals surface area contributed by atoms with Gasteiger partial charge in [0.05, 0.1) is 12.1 Å². The molecule has 5 heteroatoms. The van der Waals surface area contributed by atoms with Gasteiger partial charge in [0.2, 0.25) is 5.91 Å². The molecule has 0 N–H and O–H groups in total. The average molecular weight is 344 g/mol. The van der Waals surface area contributed by atoms with Crippen LogP contribution in [-0.2, 0) is 9.53 Å². The van der Waals surface area contributed by atoms with Crippen molar-refractivity contribution >= 4 is 17.5 Å². The fourth-order valence-corrected chi connectivity index (χ4v) is 3.72. The van der Waals surface area contributed by atoms with Crippen LogP contribution in [0.1, 0.15) is 43.0 Å². The monoisotopic (exact) mass is 344 g/mol. The summed E-state index contributed by atoms with van der Waals surface area (Å²) < 4.78 is 5.44. The van der Waals surface area contributed by atoms with Gasteiger partial charge in [-0.15, -0.1) is 0 Å². The molecular weight excluding hydrogens is 316 g/mol. The Hall–Kier alpha value is -2.14. The minimum absolute atomic E-state index is 0.0345. The Morgan fingerprint density at radius 2 is 2.04 bits per heavy atom. The first-order valence-corrected chi connectivity index (χ1v) is 8.80. The maximum atomic E-state index is 13.1. The number of carbonyl (C=O) groups is 2. The summed E-state index contributed by atoms with van der Waals surface area (Å²) in [5, 5.41) is 0. The van der Waals surface area contributed by atoms with Crippen LogP contribution in [-0.4, -0.2) is 49.6 Å². The number of carbonyl (C=O) groups excluding carboxylic acids is 2. The molecule has 136 valence electrons. The molecule has 0 radical (unpaired) electrons. The summed E-state index contributed by atoms with van der Waals surface area (Å²) in [5.41, 5.74) is 1.18. The Morgan fingerprint density at radius 3 is 2.60 bits per heavy atom. The Balaban J connectivity index is 2.21. The van der Waals surface area contributed by atoms with Gasteiger partial charge < -0.3 is 14.5 Å². The number of nitrogens with zero attached hydrogens (tertiary/aromatic N) is 2. The SMILES string of the molecule is C=CC(=O)N(C)c1ccc(C(=O)N2CCCC2(CCC)COC)cc1. The molecule has 25 heavy (non-hydrogen) atoms. The number of rotatable bonds is 7. The molecule has 0 spiro atoms. The third-order valence-electron chi connectivity index (χ3n) is 4.98. The second-order valence-corrected chi connectivity index (χ2v) is 6.62. The summed E-state index contributed by atoms with van der Waals surface area (Å²) >= 11 is 0. The fourth-order valence-electron chi connectivity index (χ4n) is 3.72. The maximum absolute atomic E-state index is 13.1. The molecule has 1 aliphatic rings. The Morgan fingerprint density at radius 1 is 1.36 bits per heavy atom. The van der Waals surface area contributed by atoms with Crippen LogP contribution in [0.2, 0.25) is 0 Å². The molecule has 1 aromatic rings. The van der Waals surface area contributed by atoms with Crippen molar-refractivity contribution in [3.63, 3.8) is 0 Å². The van der Waals surface area contributed by atoms with Gasteiger partial charge >= 0.3 is 0 Å². The van der Waals surface area contributed by atoms with Crippen molar-refractivity contribution in [1.82, 2.24) is 4.90 Å². The van der Waals surface area contributed by atoms with Crippen LogP contribution in [0, 0.1) is 0 Å². The zero-order valence-electron chi connectivity index (χ0n) is 15.5. The number of methoxy groups -OCH3 is 1. The van der Waals surface area contributed by atoms with Gasteiger partial charge in [0.15, 0.2) is 0 Å². The van der Waals surface area contributed by atoms with Gasteiger partial charge in [-0.3, -0.25) is 9.59 Å². The molecule has 0 aliphatic carbocycles. The lowest BCUT2D eigenvalue weighted by atomic mass is 9.91. The van der Waals surface area contributed by atoms with Gasteiger partial charge in [-0.05, 0) is 49.6 Å². The number of amides is 2. The first kappa shape index (κ1) is 19.2. The fraction of sp³-hybridized carbons (Fsp3) is 0.500. The zero-order chi connectivity index (χ0) is 18.4. The minimum atomic E-state index is -0.200. The molecule has 1 heterocycles. The van der Waals surface area contributed by atoms with Gasteiger partial charge in [-0.1, -0.05) is 19.9 Å². The van der Waals surface area contributed by atoms with E-state index in [0.29, 0.717) is 12.2 Å². The van der Waals surface area contributed by atoms with E-state index in [9.17, 15) is 9.59 Å². The van der Waals surface area contributed by atoms with E-state index in [2.05, 4.69) is 13.5 Å². The highest BCUT2D eigenvalue weighted by atomic mass is 16.5. The van der Waals surface area contributed by atoms with Gasteiger partial charge in [-0.25, -0.2) is 0 Å². The number of likely N-dealkylation sites (N-methyl/N-ethyl adjacent to an activating group) is 1. The van der Waals surface area contributed by atoms with E-state index in [1.54, 1.807) is 38.4 Å². The number of hydrogen-bond acceptors (Lipinski definition) is 3. The smallest absolute Gasteiger partial charge is 0.254 e. The molecule has 0 bridgehead atoms. The molecule has 1 saturated heterocycles. The zero-order valence-corrected chi connectivity index (χ0v) is 15.5. The Kier molecular flexibility index (Phi) is 6.37. The quantitative estimate of drug-likeness (QED) is 0.714. The van der Waals surface area contributed by atoms with E-state index >= 15 is 0 Å².